The molecular weight excluding hydrogens is 214 g/mol. The quantitative estimate of drug-likeness (QED) is 0.791. The Bertz CT molecular complexity index is 357. The molecule has 1 aromatic heterocycles. The van der Waals surface area contributed by atoms with Gasteiger partial charge in [0.05, 0.1) is 0 Å². The Hall–Kier alpha value is -1.07. The predicted molar refractivity (Wildman–Crippen MR) is 47.3 cm³/mol. The molecule has 1 aromatic rings. The highest BCUT2D eigenvalue weighted by Gasteiger charge is 2.18. The first-order valence-electron chi connectivity index (χ1n) is 3.73. The van der Waals surface area contributed by atoms with Crippen LogP contribution in [0.2, 0.25) is 0 Å². The van der Waals surface area contributed by atoms with Crippen molar-refractivity contribution in [2.45, 2.75) is 13.0 Å². The summed E-state index contributed by atoms with van der Waals surface area (Å²) in [5.41, 5.74) is 4.74. The second kappa shape index (κ2) is 4.43. The molecule has 0 amide bonds. The summed E-state index contributed by atoms with van der Waals surface area (Å²) in [4.78, 5) is 14.4. The first-order chi connectivity index (χ1) is 6.57. The van der Waals surface area contributed by atoms with Crippen LogP contribution in [0.15, 0.2) is 12.3 Å². The van der Waals surface area contributed by atoms with E-state index in [9.17, 15) is 13.6 Å². The van der Waals surface area contributed by atoms with Crippen molar-refractivity contribution in [1.29, 1.82) is 0 Å². The molecule has 1 rings (SSSR count). The van der Waals surface area contributed by atoms with Gasteiger partial charge in [0.25, 0.3) is 11.7 Å². The van der Waals surface area contributed by atoms with E-state index in [4.69, 9.17) is 17.3 Å². The minimum Gasteiger partial charge on any atom is -0.326 e. The monoisotopic (exact) mass is 220 g/mol. The third-order valence-corrected chi connectivity index (χ3v) is 1.90. The largest absolute Gasteiger partial charge is 0.326 e. The first-order valence-corrected chi connectivity index (χ1v) is 4.11. The van der Waals surface area contributed by atoms with Crippen molar-refractivity contribution in [3.05, 3.63) is 29.1 Å². The molecule has 0 saturated carbocycles. The van der Waals surface area contributed by atoms with Crippen molar-refractivity contribution < 1.29 is 13.6 Å². The van der Waals surface area contributed by atoms with Crippen molar-refractivity contribution >= 4 is 16.8 Å². The number of nitrogens with zero attached hydrogens (tertiary/aromatic N) is 1. The van der Waals surface area contributed by atoms with Crippen LogP contribution in [0, 0.1) is 0 Å². The van der Waals surface area contributed by atoms with Crippen molar-refractivity contribution in [2.75, 3.05) is 0 Å². The van der Waals surface area contributed by atoms with Crippen molar-refractivity contribution in [2.24, 2.45) is 5.73 Å². The highest BCUT2D eigenvalue weighted by atomic mass is 35.5. The average molecular weight is 221 g/mol. The summed E-state index contributed by atoms with van der Waals surface area (Å²) in [7, 11) is 0. The molecule has 0 aliphatic heterocycles. The van der Waals surface area contributed by atoms with E-state index in [2.05, 4.69) is 4.98 Å². The van der Waals surface area contributed by atoms with Gasteiger partial charge in [0.2, 0.25) is 0 Å². The van der Waals surface area contributed by atoms with E-state index >= 15 is 0 Å². The molecule has 0 aliphatic carbocycles. The second-order valence-corrected chi connectivity index (χ2v) is 2.85. The molecule has 0 aromatic carbocycles. The number of pyridine rings is 1. The number of aromatic nitrogens is 1. The van der Waals surface area contributed by atoms with Crippen LogP contribution in [0.25, 0.3) is 0 Å². The van der Waals surface area contributed by atoms with E-state index in [1.807, 2.05) is 0 Å². The predicted octanol–water partition coefficient (Wildman–Crippen LogP) is 1.86. The fourth-order valence-electron chi connectivity index (χ4n) is 1.10. The lowest BCUT2D eigenvalue weighted by atomic mass is 10.1. The number of alkyl halides is 2. The van der Waals surface area contributed by atoms with Gasteiger partial charge >= 0.3 is 0 Å². The topological polar surface area (TPSA) is 56.0 Å². The maximum Gasteiger partial charge on any atom is 0.271 e. The molecule has 1 heterocycles. The van der Waals surface area contributed by atoms with Crippen LogP contribution in [0.1, 0.15) is 28.0 Å². The zero-order valence-electron chi connectivity index (χ0n) is 7.01. The highest BCUT2D eigenvalue weighted by molar-refractivity contribution is 6.67. The summed E-state index contributed by atoms with van der Waals surface area (Å²) in [5.74, 6) is 0. The highest BCUT2D eigenvalue weighted by Crippen LogP contribution is 2.24. The van der Waals surface area contributed by atoms with Gasteiger partial charge in [-0.1, -0.05) is 0 Å². The van der Waals surface area contributed by atoms with Gasteiger partial charge in [-0.15, -0.1) is 0 Å². The lowest BCUT2D eigenvalue weighted by Crippen LogP contribution is -2.10. The summed E-state index contributed by atoms with van der Waals surface area (Å²) >= 11 is 5.16. The van der Waals surface area contributed by atoms with Crippen molar-refractivity contribution in [1.82, 2.24) is 4.98 Å². The van der Waals surface area contributed by atoms with Gasteiger partial charge < -0.3 is 5.73 Å². The number of rotatable bonds is 3. The molecule has 0 radical (unpaired) electrons. The van der Waals surface area contributed by atoms with Gasteiger partial charge in [0.15, 0.2) is 0 Å². The smallest absolute Gasteiger partial charge is 0.271 e. The Balaban J connectivity index is 3.32. The van der Waals surface area contributed by atoms with Gasteiger partial charge in [-0.05, 0) is 17.7 Å². The Kier molecular flexibility index (Phi) is 3.49. The zero-order chi connectivity index (χ0) is 10.7. The van der Waals surface area contributed by atoms with E-state index in [0.717, 1.165) is 12.3 Å². The molecule has 0 atom stereocenters. The van der Waals surface area contributed by atoms with E-state index in [-0.39, 0.29) is 23.4 Å². The van der Waals surface area contributed by atoms with Crippen LogP contribution in [-0.2, 0) is 6.54 Å². The van der Waals surface area contributed by atoms with Crippen LogP contribution in [0.4, 0.5) is 8.78 Å². The van der Waals surface area contributed by atoms with E-state index in [1.54, 1.807) is 0 Å². The molecule has 3 nitrogen and oxygen atoms in total. The Labute approximate surface area is 83.9 Å². The average Bonchev–Trinajstić information content (AvgIpc) is 2.16. The van der Waals surface area contributed by atoms with Gasteiger partial charge in [0.1, 0.15) is 5.69 Å². The Morgan fingerprint density at radius 3 is 2.71 bits per heavy atom. The molecule has 0 saturated heterocycles. The summed E-state index contributed by atoms with van der Waals surface area (Å²) in [6.07, 6.45) is -1.58. The number of halogens is 3. The molecule has 2 N–H and O–H groups in total. The van der Waals surface area contributed by atoms with E-state index in [0.29, 0.717) is 0 Å². The van der Waals surface area contributed by atoms with Gasteiger partial charge in [-0.25, -0.2) is 8.78 Å². The summed E-state index contributed by atoms with van der Waals surface area (Å²) in [6, 6.07) is 1.12. The molecule has 76 valence electrons. The van der Waals surface area contributed by atoms with Crippen molar-refractivity contribution in [3.63, 3.8) is 0 Å². The molecule has 6 heteroatoms. The minimum atomic E-state index is -2.69. The second-order valence-electron chi connectivity index (χ2n) is 2.51. The minimum absolute atomic E-state index is 0.00231. The van der Waals surface area contributed by atoms with Crippen LogP contribution in [0.5, 0.6) is 0 Å². The summed E-state index contributed by atoms with van der Waals surface area (Å²) < 4.78 is 24.8. The zero-order valence-corrected chi connectivity index (χ0v) is 7.76. The molecule has 14 heavy (non-hydrogen) atoms. The third-order valence-electron chi connectivity index (χ3n) is 1.72. The Morgan fingerprint density at radius 1 is 1.64 bits per heavy atom. The third kappa shape index (κ3) is 2.05. The Morgan fingerprint density at radius 2 is 2.29 bits per heavy atom. The fraction of sp³-hybridized carbons (Fsp3) is 0.250. The number of hydrogen-bond donors (Lipinski definition) is 1. The molecule has 0 spiro atoms. The van der Waals surface area contributed by atoms with Crippen LogP contribution in [0.3, 0.4) is 0 Å². The SMILES string of the molecule is NCc1c(C(F)F)ccnc1C(=O)Cl. The van der Waals surface area contributed by atoms with Crippen LogP contribution >= 0.6 is 11.6 Å². The molecule has 0 fully saturated rings. The molecule has 0 aliphatic rings. The summed E-state index contributed by atoms with van der Waals surface area (Å²) in [5, 5.41) is -0.882. The number of nitrogens with two attached hydrogens (primary N) is 1. The molecular formula is C8H7ClF2N2O. The lowest BCUT2D eigenvalue weighted by molar-refractivity contribution is 0.107. The normalized spacial score (nSPS) is 10.6. The number of carbonyl (C=O) groups excluding carboxylic acids is 1. The number of hydrogen-bond acceptors (Lipinski definition) is 3. The maximum absolute atomic E-state index is 12.4. The first kappa shape index (κ1) is 11.0. The lowest BCUT2D eigenvalue weighted by Gasteiger charge is -2.08. The maximum atomic E-state index is 12.4. The molecule has 0 bridgehead atoms. The number of carbonyl (C=O) groups is 1. The van der Waals surface area contributed by atoms with E-state index in [1.165, 1.54) is 0 Å². The van der Waals surface area contributed by atoms with Gasteiger partial charge in [-0.2, -0.15) is 0 Å². The van der Waals surface area contributed by atoms with Gasteiger partial charge in [0, 0.05) is 23.9 Å². The summed E-state index contributed by atoms with van der Waals surface area (Å²) in [6.45, 7) is -0.193. The fourth-order valence-corrected chi connectivity index (χ4v) is 1.26. The van der Waals surface area contributed by atoms with Crippen molar-refractivity contribution in [3.8, 4) is 0 Å². The van der Waals surface area contributed by atoms with Crippen LogP contribution in [-0.4, -0.2) is 10.2 Å². The van der Waals surface area contributed by atoms with Gasteiger partial charge in [-0.3, -0.25) is 9.78 Å². The standard InChI is InChI=1S/C8H7ClF2N2O/c9-7(14)6-5(3-12)4(8(10)11)1-2-13-6/h1-2,8H,3,12H2. The molecule has 0 unspecified atom stereocenters. The van der Waals surface area contributed by atoms with Crippen LogP contribution < -0.4 is 5.73 Å². The van der Waals surface area contributed by atoms with E-state index < -0.39 is 11.7 Å².